The number of pyridine rings is 1. The van der Waals surface area contributed by atoms with Crippen molar-refractivity contribution in [3.63, 3.8) is 0 Å². The zero-order valence-electron chi connectivity index (χ0n) is 11.1. The van der Waals surface area contributed by atoms with Crippen molar-refractivity contribution in [1.29, 1.82) is 0 Å². The molecule has 0 saturated heterocycles. The maximum absolute atomic E-state index is 6.20. The van der Waals surface area contributed by atoms with E-state index in [-0.39, 0.29) is 6.04 Å². The lowest BCUT2D eigenvalue weighted by Gasteiger charge is -2.13. The van der Waals surface area contributed by atoms with Crippen LogP contribution in [0.5, 0.6) is 0 Å². The first-order chi connectivity index (χ1) is 9.75. The van der Waals surface area contributed by atoms with E-state index < -0.39 is 0 Å². The van der Waals surface area contributed by atoms with Gasteiger partial charge in [0.2, 0.25) is 0 Å². The van der Waals surface area contributed by atoms with E-state index in [0.717, 1.165) is 27.2 Å². The Hall–Kier alpha value is -1.84. The molecule has 0 bridgehead atoms. The third-order valence-corrected chi connectivity index (χ3v) is 3.70. The number of rotatable bonds is 4. The second-order valence-corrected chi connectivity index (χ2v) is 5.13. The van der Waals surface area contributed by atoms with Gasteiger partial charge in [-0.3, -0.25) is 4.98 Å². The molecule has 3 aromatic rings. The molecule has 0 aliphatic carbocycles. The van der Waals surface area contributed by atoms with Crippen molar-refractivity contribution in [2.75, 3.05) is 0 Å². The summed E-state index contributed by atoms with van der Waals surface area (Å²) in [5.41, 5.74) is 2.07. The van der Waals surface area contributed by atoms with Crippen LogP contribution in [0.4, 0.5) is 0 Å². The monoisotopic (exact) mass is 286 g/mol. The summed E-state index contributed by atoms with van der Waals surface area (Å²) >= 11 is 6.20. The topological polar surface area (TPSA) is 38.1 Å². The predicted octanol–water partition coefficient (Wildman–Crippen LogP) is 4.33. The van der Waals surface area contributed by atoms with Crippen LogP contribution in [0.15, 0.2) is 53.3 Å². The molecule has 0 saturated carbocycles. The molecule has 0 aliphatic heterocycles. The van der Waals surface area contributed by atoms with Crippen molar-refractivity contribution >= 4 is 22.5 Å². The van der Waals surface area contributed by atoms with E-state index in [1.54, 1.807) is 12.5 Å². The smallest absolute Gasteiger partial charge is 0.120 e. The van der Waals surface area contributed by atoms with Crippen LogP contribution >= 0.6 is 11.6 Å². The summed E-state index contributed by atoms with van der Waals surface area (Å²) in [6.07, 6.45) is 3.48. The molecule has 0 spiro atoms. The van der Waals surface area contributed by atoms with Crippen LogP contribution in [0.1, 0.15) is 24.3 Å². The van der Waals surface area contributed by atoms with Gasteiger partial charge in [0.05, 0.1) is 17.8 Å². The van der Waals surface area contributed by atoms with Crippen LogP contribution in [0.25, 0.3) is 10.9 Å². The molecule has 1 unspecified atom stereocenters. The van der Waals surface area contributed by atoms with Crippen LogP contribution < -0.4 is 5.32 Å². The van der Waals surface area contributed by atoms with E-state index in [4.69, 9.17) is 16.0 Å². The van der Waals surface area contributed by atoms with E-state index >= 15 is 0 Å². The van der Waals surface area contributed by atoms with Gasteiger partial charge in [0.1, 0.15) is 5.76 Å². The predicted molar refractivity (Wildman–Crippen MR) is 80.7 cm³/mol. The third-order valence-electron chi connectivity index (χ3n) is 3.37. The highest BCUT2D eigenvalue weighted by atomic mass is 35.5. The molecule has 0 amide bonds. The van der Waals surface area contributed by atoms with Crippen molar-refractivity contribution in [2.24, 2.45) is 0 Å². The molecule has 102 valence electrons. The minimum atomic E-state index is 0.152. The fraction of sp³-hybridized carbons (Fsp3) is 0.188. The molecule has 2 aromatic heterocycles. The van der Waals surface area contributed by atoms with E-state index in [1.807, 2.05) is 36.4 Å². The van der Waals surface area contributed by atoms with Gasteiger partial charge in [-0.05, 0) is 42.8 Å². The quantitative estimate of drug-likeness (QED) is 0.775. The van der Waals surface area contributed by atoms with E-state index in [1.165, 1.54) is 0 Å². The lowest BCUT2D eigenvalue weighted by molar-refractivity contribution is 0.430. The maximum atomic E-state index is 6.20. The highest BCUT2D eigenvalue weighted by Gasteiger charge is 2.10. The van der Waals surface area contributed by atoms with Gasteiger partial charge in [0.25, 0.3) is 0 Å². The minimum Gasteiger partial charge on any atom is -0.468 e. The summed E-state index contributed by atoms with van der Waals surface area (Å²) in [5.74, 6) is 0.927. The molecule has 1 atom stereocenters. The second kappa shape index (κ2) is 5.65. The van der Waals surface area contributed by atoms with Gasteiger partial charge in [-0.15, -0.1) is 0 Å². The maximum Gasteiger partial charge on any atom is 0.120 e. The fourth-order valence-corrected chi connectivity index (χ4v) is 2.46. The average Bonchev–Trinajstić information content (AvgIpc) is 3.01. The first-order valence-corrected chi connectivity index (χ1v) is 6.92. The number of furan rings is 1. The normalized spacial score (nSPS) is 12.7. The minimum absolute atomic E-state index is 0.152. The summed E-state index contributed by atoms with van der Waals surface area (Å²) < 4.78 is 5.39. The van der Waals surface area contributed by atoms with Crippen molar-refractivity contribution < 1.29 is 4.42 Å². The highest BCUT2D eigenvalue weighted by Crippen LogP contribution is 2.25. The molecular formula is C16H15ClN2O. The Balaban J connectivity index is 1.83. The molecule has 20 heavy (non-hydrogen) atoms. The van der Waals surface area contributed by atoms with E-state index in [9.17, 15) is 0 Å². The van der Waals surface area contributed by atoms with Crippen LogP contribution in [0.2, 0.25) is 5.02 Å². The summed E-state index contributed by atoms with van der Waals surface area (Å²) in [7, 11) is 0. The van der Waals surface area contributed by atoms with Gasteiger partial charge in [0.15, 0.2) is 0 Å². The second-order valence-electron chi connectivity index (χ2n) is 4.72. The van der Waals surface area contributed by atoms with Crippen LogP contribution in [0.3, 0.4) is 0 Å². The van der Waals surface area contributed by atoms with Gasteiger partial charge < -0.3 is 9.73 Å². The molecule has 1 N–H and O–H groups in total. The number of aromatic nitrogens is 1. The Kier molecular flexibility index (Phi) is 3.72. The Morgan fingerprint density at radius 2 is 2.15 bits per heavy atom. The van der Waals surface area contributed by atoms with Crippen molar-refractivity contribution in [3.05, 3.63) is 65.2 Å². The summed E-state index contributed by atoms with van der Waals surface area (Å²) in [6.45, 7) is 2.79. The Labute approximate surface area is 122 Å². The van der Waals surface area contributed by atoms with Gasteiger partial charge in [-0.2, -0.15) is 0 Å². The third kappa shape index (κ3) is 2.55. The molecular weight excluding hydrogens is 272 g/mol. The van der Waals surface area contributed by atoms with Crippen LogP contribution in [-0.2, 0) is 6.54 Å². The van der Waals surface area contributed by atoms with Crippen LogP contribution in [0, 0.1) is 0 Å². The molecule has 2 heterocycles. The molecule has 4 heteroatoms. The first-order valence-electron chi connectivity index (χ1n) is 6.54. The standard InChI is InChI=1S/C16H15ClN2O/c1-11(15-5-3-9-20-15)19-10-12-6-7-14(17)13-4-2-8-18-16(12)13/h2-9,11,19H,10H2,1H3. The fourth-order valence-electron chi connectivity index (χ4n) is 2.24. The zero-order chi connectivity index (χ0) is 13.9. The number of hydrogen-bond donors (Lipinski definition) is 1. The number of fused-ring (bicyclic) bond motifs is 1. The SMILES string of the molecule is CC(NCc1ccc(Cl)c2cccnc12)c1ccco1. The summed E-state index contributed by atoms with van der Waals surface area (Å²) in [6, 6.07) is 11.8. The molecule has 3 nitrogen and oxygen atoms in total. The highest BCUT2D eigenvalue weighted by molar-refractivity contribution is 6.35. The Morgan fingerprint density at radius 1 is 1.25 bits per heavy atom. The molecule has 0 aliphatic rings. The number of nitrogens with zero attached hydrogens (tertiary/aromatic N) is 1. The number of halogens is 1. The molecule has 0 fully saturated rings. The lowest BCUT2D eigenvalue weighted by Crippen LogP contribution is -2.17. The Morgan fingerprint density at radius 3 is 2.95 bits per heavy atom. The van der Waals surface area contributed by atoms with Gasteiger partial charge in [0, 0.05) is 23.2 Å². The van der Waals surface area contributed by atoms with Gasteiger partial charge >= 0.3 is 0 Å². The number of nitrogens with one attached hydrogen (secondary N) is 1. The number of hydrogen-bond acceptors (Lipinski definition) is 3. The van der Waals surface area contributed by atoms with Crippen LogP contribution in [-0.4, -0.2) is 4.98 Å². The van der Waals surface area contributed by atoms with Crippen molar-refractivity contribution in [3.8, 4) is 0 Å². The average molecular weight is 287 g/mol. The largest absolute Gasteiger partial charge is 0.468 e. The molecule has 3 rings (SSSR count). The summed E-state index contributed by atoms with van der Waals surface area (Å²) in [5, 5.41) is 5.15. The molecule has 0 radical (unpaired) electrons. The Bertz CT molecular complexity index is 710. The van der Waals surface area contributed by atoms with Crippen molar-refractivity contribution in [2.45, 2.75) is 19.5 Å². The van der Waals surface area contributed by atoms with E-state index in [0.29, 0.717) is 6.54 Å². The van der Waals surface area contributed by atoms with Gasteiger partial charge in [-0.25, -0.2) is 0 Å². The molecule has 1 aromatic carbocycles. The number of benzene rings is 1. The lowest BCUT2D eigenvalue weighted by atomic mass is 10.1. The summed E-state index contributed by atoms with van der Waals surface area (Å²) in [4.78, 5) is 4.43. The van der Waals surface area contributed by atoms with Gasteiger partial charge in [-0.1, -0.05) is 17.7 Å². The van der Waals surface area contributed by atoms with Crippen molar-refractivity contribution in [1.82, 2.24) is 10.3 Å². The first kappa shape index (κ1) is 13.2. The van der Waals surface area contributed by atoms with E-state index in [2.05, 4.69) is 17.2 Å². The zero-order valence-corrected chi connectivity index (χ0v) is 11.9.